The van der Waals surface area contributed by atoms with Crippen LogP contribution in [0.3, 0.4) is 0 Å². The smallest absolute Gasteiger partial charge is 0.275 e. The third-order valence-electron chi connectivity index (χ3n) is 3.25. The SMILES string of the molecule is Cc1ccc(NC(=O)[C@H]2Oc3ccccc3NC2=O)c(Cl)c1. The molecular formula is C16H13ClN2O3. The molecular weight excluding hydrogens is 304 g/mol. The summed E-state index contributed by atoms with van der Waals surface area (Å²) in [7, 11) is 0. The van der Waals surface area contributed by atoms with Gasteiger partial charge in [-0.3, -0.25) is 9.59 Å². The van der Waals surface area contributed by atoms with Crippen molar-refractivity contribution < 1.29 is 14.3 Å². The lowest BCUT2D eigenvalue weighted by Crippen LogP contribution is -2.45. The summed E-state index contributed by atoms with van der Waals surface area (Å²) >= 11 is 6.07. The molecule has 1 aliphatic rings. The van der Waals surface area contributed by atoms with Gasteiger partial charge in [0.25, 0.3) is 17.9 Å². The molecule has 3 rings (SSSR count). The molecule has 2 N–H and O–H groups in total. The molecule has 5 nitrogen and oxygen atoms in total. The van der Waals surface area contributed by atoms with E-state index in [0.717, 1.165) is 5.56 Å². The molecule has 0 saturated carbocycles. The van der Waals surface area contributed by atoms with Gasteiger partial charge in [-0.1, -0.05) is 29.8 Å². The van der Waals surface area contributed by atoms with Crippen LogP contribution in [0.15, 0.2) is 42.5 Å². The molecule has 1 aliphatic heterocycles. The largest absolute Gasteiger partial charge is 0.468 e. The Balaban J connectivity index is 1.79. The fraction of sp³-hybridized carbons (Fsp3) is 0.125. The second-order valence-electron chi connectivity index (χ2n) is 4.96. The summed E-state index contributed by atoms with van der Waals surface area (Å²) in [4.78, 5) is 24.3. The average Bonchev–Trinajstić information content (AvgIpc) is 2.49. The van der Waals surface area contributed by atoms with Crippen molar-refractivity contribution in [1.82, 2.24) is 0 Å². The minimum Gasteiger partial charge on any atom is -0.468 e. The van der Waals surface area contributed by atoms with Crippen molar-refractivity contribution in [2.75, 3.05) is 10.6 Å². The van der Waals surface area contributed by atoms with E-state index >= 15 is 0 Å². The van der Waals surface area contributed by atoms with E-state index in [4.69, 9.17) is 16.3 Å². The zero-order valence-electron chi connectivity index (χ0n) is 11.7. The molecule has 1 atom stereocenters. The van der Waals surface area contributed by atoms with E-state index in [9.17, 15) is 9.59 Å². The maximum absolute atomic E-state index is 12.3. The fourth-order valence-electron chi connectivity index (χ4n) is 2.14. The quantitative estimate of drug-likeness (QED) is 0.837. The second-order valence-corrected chi connectivity index (χ2v) is 5.36. The van der Waals surface area contributed by atoms with E-state index in [2.05, 4.69) is 10.6 Å². The molecule has 2 aromatic carbocycles. The highest BCUT2D eigenvalue weighted by atomic mass is 35.5. The summed E-state index contributed by atoms with van der Waals surface area (Å²) in [6, 6.07) is 12.2. The number of aryl methyl sites for hydroxylation is 1. The molecule has 2 aromatic rings. The van der Waals surface area contributed by atoms with Gasteiger partial charge in [-0.05, 0) is 36.8 Å². The number of nitrogens with one attached hydrogen (secondary N) is 2. The van der Waals surface area contributed by atoms with Crippen molar-refractivity contribution in [2.24, 2.45) is 0 Å². The maximum Gasteiger partial charge on any atom is 0.275 e. The van der Waals surface area contributed by atoms with Gasteiger partial charge in [0.05, 0.1) is 16.4 Å². The van der Waals surface area contributed by atoms with Crippen molar-refractivity contribution in [2.45, 2.75) is 13.0 Å². The van der Waals surface area contributed by atoms with Gasteiger partial charge in [0.1, 0.15) is 5.75 Å². The standard InChI is InChI=1S/C16H13ClN2O3/c1-9-6-7-11(10(17)8-9)18-15(20)14-16(21)19-12-4-2-3-5-13(12)22-14/h2-8,14H,1H3,(H,18,20)(H,19,21)/t14-/m1/s1. The lowest BCUT2D eigenvalue weighted by Gasteiger charge is -2.25. The van der Waals surface area contributed by atoms with Crippen molar-refractivity contribution in [3.63, 3.8) is 0 Å². The highest BCUT2D eigenvalue weighted by Gasteiger charge is 2.34. The predicted octanol–water partition coefficient (Wildman–Crippen LogP) is 2.99. The number of carbonyl (C=O) groups excluding carboxylic acids is 2. The van der Waals surface area contributed by atoms with E-state index in [1.807, 2.05) is 13.0 Å². The minimum atomic E-state index is -1.26. The minimum absolute atomic E-state index is 0.407. The molecule has 22 heavy (non-hydrogen) atoms. The van der Waals surface area contributed by atoms with Gasteiger partial charge >= 0.3 is 0 Å². The molecule has 0 fully saturated rings. The van der Waals surface area contributed by atoms with Gasteiger partial charge in [-0.2, -0.15) is 0 Å². The Bertz CT molecular complexity index is 761. The first-order valence-electron chi connectivity index (χ1n) is 6.68. The van der Waals surface area contributed by atoms with Crippen LogP contribution in [0, 0.1) is 6.92 Å². The lowest BCUT2D eigenvalue weighted by atomic mass is 10.2. The Morgan fingerprint density at radius 2 is 2.05 bits per heavy atom. The molecule has 0 bridgehead atoms. The first-order valence-corrected chi connectivity index (χ1v) is 7.06. The molecule has 0 radical (unpaired) electrons. The molecule has 1 heterocycles. The van der Waals surface area contributed by atoms with E-state index in [1.54, 1.807) is 36.4 Å². The summed E-state index contributed by atoms with van der Waals surface area (Å²) < 4.78 is 5.47. The Labute approximate surface area is 132 Å². The number of para-hydroxylation sites is 2. The summed E-state index contributed by atoms with van der Waals surface area (Å²) in [5.41, 5.74) is 1.96. The van der Waals surface area contributed by atoms with Crippen LogP contribution >= 0.6 is 11.6 Å². The Morgan fingerprint density at radius 3 is 2.82 bits per heavy atom. The second kappa shape index (κ2) is 5.69. The molecule has 0 aromatic heterocycles. The van der Waals surface area contributed by atoms with Crippen molar-refractivity contribution in [1.29, 1.82) is 0 Å². The van der Waals surface area contributed by atoms with Gasteiger partial charge in [0, 0.05) is 0 Å². The number of amides is 2. The van der Waals surface area contributed by atoms with E-state index in [0.29, 0.717) is 22.1 Å². The highest BCUT2D eigenvalue weighted by Crippen LogP contribution is 2.29. The van der Waals surface area contributed by atoms with Crippen LogP contribution in [-0.4, -0.2) is 17.9 Å². The number of anilines is 2. The number of ether oxygens (including phenoxy) is 1. The van der Waals surface area contributed by atoms with E-state index in [1.165, 1.54) is 0 Å². The van der Waals surface area contributed by atoms with Crippen LogP contribution < -0.4 is 15.4 Å². The monoisotopic (exact) mass is 316 g/mol. The lowest BCUT2D eigenvalue weighted by molar-refractivity contribution is -0.133. The third-order valence-corrected chi connectivity index (χ3v) is 3.56. The molecule has 0 saturated heterocycles. The first kappa shape index (κ1) is 14.4. The normalized spacial score (nSPS) is 16.3. The van der Waals surface area contributed by atoms with E-state index < -0.39 is 17.9 Å². The van der Waals surface area contributed by atoms with E-state index in [-0.39, 0.29) is 0 Å². The van der Waals surface area contributed by atoms with Crippen LogP contribution in [0.2, 0.25) is 5.02 Å². The van der Waals surface area contributed by atoms with Crippen LogP contribution in [0.4, 0.5) is 11.4 Å². The fourth-order valence-corrected chi connectivity index (χ4v) is 2.43. The zero-order chi connectivity index (χ0) is 15.7. The van der Waals surface area contributed by atoms with Crippen molar-refractivity contribution in [3.05, 3.63) is 53.1 Å². The summed E-state index contributed by atoms with van der Waals surface area (Å²) in [5.74, 6) is -0.630. The topological polar surface area (TPSA) is 67.4 Å². The Morgan fingerprint density at radius 1 is 1.27 bits per heavy atom. The first-order chi connectivity index (χ1) is 10.5. The number of hydrogen-bond acceptors (Lipinski definition) is 3. The van der Waals surface area contributed by atoms with Gasteiger partial charge in [0.2, 0.25) is 0 Å². The third kappa shape index (κ3) is 2.76. The van der Waals surface area contributed by atoms with Gasteiger partial charge in [0.15, 0.2) is 0 Å². The predicted molar refractivity (Wildman–Crippen MR) is 84.3 cm³/mol. The summed E-state index contributed by atoms with van der Waals surface area (Å²) in [5, 5.41) is 5.66. The van der Waals surface area contributed by atoms with Crippen LogP contribution in [0.25, 0.3) is 0 Å². The van der Waals surface area contributed by atoms with Crippen LogP contribution in [-0.2, 0) is 9.59 Å². The van der Waals surface area contributed by atoms with Gasteiger partial charge in [-0.15, -0.1) is 0 Å². The van der Waals surface area contributed by atoms with Crippen LogP contribution in [0.1, 0.15) is 5.56 Å². The molecule has 112 valence electrons. The number of carbonyl (C=O) groups is 2. The number of benzene rings is 2. The maximum atomic E-state index is 12.3. The highest BCUT2D eigenvalue weighted by molar-refractivity contribution is 6.34. The van der Waals surface area contributed by atoms with Gasteiger partial charge < -0.3 is 15.4 Å². The summed E-state index contributed by atoms with van der Waals surface area (Å²) in [6.07, 6.45) is -1.26. The van der Waals surface area contributed by atoms with Crippen molar-refractivity contribution in [3.8, 4) is 5.75 Å². The molecule has 6 heteroatoms. The number of rotatable bonds is 2. The Kier molecular flexibility index (Phi) is 3.73. The summed E-state index contributed by atoms with van der Waals surface area (Å²) in [6.45, 7) is 1.89. The van der Waals surface area contributed by atoms with Crippen molar-refractivity contribution >= 4 is 34.8 Å². The van der Waals surface area contributed by atoms with Crippen LogP contribution in [0.5, 0.6) is 5.75 Å². The number of fused-ring (bicyclic) bond motifs is 1. The van der Waals surface area contributed by atoms with Gasteiger partial charge in [-0.25, -0.2) is 0 Å². The number of halogens is 1. The molecule has 0 spiro atoms. The Hall–Kier alpha value is -2.53. The molecule has 2 amide bonds. The number of hydrogen-bond donors (Lipinski definition) is 2. The molecule has 0 unspecified atom stereocenters. The average molecular weight is 317 g/mol. The molecule has 0 aliphatic carbocycles. The zero-order valence-corrected chi connectivity index (χ0v) is 12.5.